The monoisotopic (exact) mass is 304 g/mol. The second-order valence-corrected chi connectivity index (χ2v) is 2.73. The van der Waals surface area contributed by atoms with E-state index in [1.165, 1.54) is 0 Å². The Morgan fingerprint density at radius 2 is 1.50 bits per heavy atom. The molecule has 0 amide bonds. The molecule has 0 heterocycles. The third-order valence-corrected chi connectivity index (χ3v) is 0. The van der Waals surface area contributed by atoms with Crippen LogP contribution in [0.5, 0.6) is 0 Å². The molecular weight excluding hydrogens is 301 g/mol. The summed E-state index contributed by atoms with van der Waals surface area (Å²) in [7, 11) is -3.97. The van der Waals surface area contributed by atoms with Gasteiger partial charge in [0.2, 0.25) is 0 Å². The quantitative estimate of drug-likeness (QED) is 0.210. The molecule has 0 aromatic heterocycles. The Morgan fingerprint density at radius 1 is 1.50 bits per heavy atom. The topological polar surface area (TPSA) is 54.4 Å². The van der Waals surface area contributed by atoms with Crippen molar-refractivity contribution in [3.05, 3.63) is 0 Å². The normalized spacial score (nSPS) is 8.12. The van der Waals surface area contributed by atoms with Gasteiger partial charge < -0.3 is 0 Å². The second kappa shape index (κ2) is 10.6. The van der Waals surface area contributed by atoms with Gasteiger partial charge in [-0.3, -0.25) is 4.55 Å². The molecule has 0 spiro atoms. The van der Waals surface area contributed by atoms with Crippen molar-refractivity contribution in [3.8, 4) is 0 Å². The average Bonchev–Trinajstić information content (AvgIpc) is 1.36. The van der Waals surface area contributed by atoms with Crippen molar-refractivity contribution in [2.45, 2.75) is 0 Å². The zero-order valence-electron chi connectivity index (χ0n) is 3.50. The predicted molar refractivity (Wildman–Crippen MR) is 47.5 cm³/mol. The minimum atomic E-state index is -3.97. The molecule has 0 saturated heterocycles. The molecule has 0 rings (SSSR count). The maximum absolute atomic E-state index is 9.05. The van der Waals surface area contributed by atoms with Crippen molar-refractivity contribution in [2.75, 3.05) is 0 Å². The van der Waals surface area contributed by atoms with Gasteiger partial charge in [-0.05, 0) is 11.7 Å². The maximum atomic E-state index is 9.05. The van der Waals surface area contributed by atoms with Gasteiger partial charge in [-0.25, -0.2) is 0 Å². The van der Waals surface area contributed by atoms with E-state index >= 15 is 0 Å². The molecule has 0 aromatic carbocycles. The van der Waals surface area contributed by atoms with E-state index < -0.39 is 9.15 Å². The number of hydrogen-bond donors (Lipinski definition) is 2. The Hall–Kier alpha value is 3.63. The van der Waals surface area contributed by atoms with Crippen molar-refractivity contribution in [2.24, 2.45) is 0 Å². The summed E-state index contributed by atoms with van der Waals surface area (Å²) in [4.78, 5) is 0. The summed E-state index contributed by atoms with van der Waals surface area (Å²) in [5, 5.41) is 0. The fraction of sp³-hybridized carbons (Fsp3) is 0. The summed E-state index contributed by atoms with van der Waals surface area (Å²) < 4.78 is 25.5. The summed E-state index contributed by atoms with van der Waals surface area (Å²) >= 11 is 6.02. The van der Waals surface area contributed by atoms with E-state index in [-0.39, 0.29) is 29.6 Å². The third-order valence-electron chi connectivity index (χ3n) is 0. The first-order valence-electron chi connectivity index (χ1n) is 1.08. The van der Waals surface area contributed by atoms with Crippen LogP contribution in [-0.4, -0.2) is 85.2 Å². The van der Waals surface area contributed by atoms with E-state index in [0.717, 1.165) is 42.7 Å². The zero-order chi connectivity index (χ0) is 6.50. The van der Waals surface area contributed by atoms with Crippen molar-refractivity contribution in [3.63, 3.8) is 0 Å². The third kappa shape index (κ3) is 54.5. The first-order chi connectivity index (χ1) is 3.00. The summed E-state index contributed by atoms with van der Waals surface area (Å²) in [5.41, 5.74) is 0. The molecule has 0 radical (unpaired) electrons. The van der Waals surface area contributed by atoms with Crippen LogP contribution < -0.4 is 0 Å². The van der Waals surface area contributed by atoms with Crippen molar-refractivity contribution >= 4 is 104 Å². The molecule has 1 N–H and O–H groups in total. The first kappa shape index (κ1) is 17.6. The minimum absolute atomic E-state index is 0. The van der Waals surface area contributed by atoms with Gasteiger partial charge in [0.25, 0.3) is 0 Å². The van der Waals surface area contributed by atoms with Gasteiger partial charge in [0.15, 0.2) is 0 Å². The van der Waals surface area contributed by atoms with Crippen LogP contribution in [0.15, 0.2) is 0 Å². The Labute approximate surface area is 114 Å². The van der Waals surface area contributed by atoms with Crippen molar-refractivity contribution in [1.82, 2.24) is 0 Å². The fourth-order valence-electron chi connectivity index (χ4n) is 0. The summed E-state index contributed by atoms with van der Waals surface area (Å²) in [6, 6.07) is 0. The van der Waals surface area contributed by atoms with Crippen LogP contribution >= 0.6 is 22.9 Å². The first-order valence-corrected chi connectivity index (χ1v) is 13.6. The summed E-state index contributed by atoms with van der Waals surface area (Å²) in [5.74, 6) is 0. The zero-order valence-corrected chi connectivity index (χ0v) is 10.5. The van der Waals surface area contributed by atoms with E-state index in [0.29, 0.717) is 0 Å². The van der Waals surface area contributed by atoms with E-state index in [1.54, 1.807) is 0 Å². The average molecular weight is 304 g/mol. The summed E-state index contributed by atoms with van der Waals surface area (Å²) in [6.07, 6.45) is 0. The van der Waals surface area contributed by atoms with Gasteiger partial charge in [0, 0.05) is 0 Å². The molecule has 42 valence electrons. The molecule has 0 unspecified atom stereocenters. The molecule has 0 fully saturated rings. The van der Waals surface area contributed by atoms with Crippen molar-refractivity contribution in [1.29, 1.82) is 0 Å². The Balaban J connectivity index is -0.0000000750. The van der Waals surface area contributed by atoms with E-state index in [4.69, 9.17) is 13.0 Å². The van der Waals surface area contributed by atoms with Gasteiger partial charge in [-0.15, -0.1) is 0 Å². The molecular formula is H3IKNaO3S2. The Morgan fingerprint density at radius 3 is 1.50 bits per heavy atom. The van der Waals surface area contributed by atoms with Gasteiger partial charge in [0.05, 0.1) is 0 Å². The summed E-state index contributed by atoms with van der Waals surface area (Å²) in [6.45, 7) is 0. The molecule has 0 saturated carbocycles. The van der Waals surface area contributed by atoms with Crippen LogP contribution in [0.2, 0.25) is 0 Å². The fourth-order valence-corrected chi connectivity index (χ4v) is 0. The van der Waals surface area contributed by atoms with Gasteiger partial charge >= 0.3 is 92.7 Å². The van der Waals surface area contributed by atoms with Crippen LogP contribution in [-0.2, 0) is 9.15 Å². The van der Waals surface area contributed by atoms with Gasteiger partial charge in [0.1, 0.15) is 0 Å². The number of rotatable bonds is 0. The number of hydrogen-bond acceptors (Lipinski definition) is 2. The second-order valence-electron chi connectivity index (χ2n) is 0.448. The van der Waals surface area contributed by atoms with E-state index in [2.05, 4.69) is 22.9 Å². The molecule has 0 aromatic rings. The van der Waals surface area contributed by atoms with Crippen LogP contribution in [0.1, 0.15) is 0 Å². The van der Waals surface area contributed by atoms with Crippen LogP contribution in [0.4, 0.5) is 0 Å². The van der Waals surface area contributed by atoms with Crippen LogP contribution in [0, 0.1) is 0 Å². The molecule has 3 nitrogen and oxygen atoms in total. The van der Waals surface area contributed by atoms with E-state index in [1.807, 2.05) is 0 Å². The van der Waals surface area contributed by atoms with Crippen LogP contribution in [0.3, 0.4) is 0 Å². The molecule has 0 aliphatic heterocycles. The standard InChI is InChI=1S/HI.K.Na.H2O3S2.H/c;;;1-5(2,3)4;/h1H;;;(H2,1,2,3,4);/q;+1;;;/p-1. The van der Waals surface area contributed by atoms with Crippen LogP contribution in [0.25, 0.3) is 0 Å². The number of halogens is 1. The van der Waals surface area contributed by atoms with Gasteiger partial charge in [-0.2, -0.15) is 8.42 Å². The van der Waals surface area contributed by atoms with Crippen molar-refractivity contribution < 1.29 is 13.0 Å². The number of thiol groups is 1. The molecule has 8 heavy (non-hydrogen) atoms. The predicted octanol–water partition coefficient (Wildman–Crippen LogP) is -0.425. The van der Waals surface area contributed by atoms with Gasteiger partial charge in [-0.1, -0.05) is 0 Å². The van der Waals surface area contributed by atoms with E-state index in [9.17, 15) is 0 Å². The molecule has 0 atom stereocenters. The Kier molecular flexibility index (Phi) is 23.4. The molecule has 0 aliphatic rings. The molecule has 0 bridgehead atoms. The molecule has 0 aliphatic carbocycles. The molecule has 8 heteroatoms. The Bertz CT molecular complexity index is 100. The SMILES string of the molecule is O=S(=O)(O)S.[K][I].[NaH].